The molecule has 1 aromatic carbocycles. The zero-order valence-corrected chi connectivity index (χ0v) is 12.6. The third kappa shape index (κ3) is 5.94. The smallest absolute Gasteiger partial charge is 0.338 e. The summed E-state index contributed by atoms with van der Waals surface area (Å²) in [6.07, 6.45) is -0.116. The van der Waals surface area contributed by atoms with Gasteiger partial charge in [-0.2, -0.15) is 0 Å². The molecule has 108 valence electrons. The second-order valence-electron chi connectivity index (χ2n) is 4.32. The fraction of sp³-hybridized carbons (Fsp3) is 0.500. The summed E-state index contributed by atoms with van der Waals surface area (Å²) in [6, 6.07) is 6.76. The van der Waals surface area contributed by atoms with Crippen LogP contribution in [-0.2, 0) is 4.74 Å². The molecule has 0 amide bonds. The van der Waals surface area contributed by atoms with E-state index in [-0.39, 0.29) is 24.5 Å². The molecule has 0 fully saturated rings. The van der Waals surface area contributed by atoms with Gasteiger partial charge in [0.05, 0.1) is 5.56 Å². The molecule has 0 aliphatic heterocycles. The first kappa shape index (κ1) is 17.7. The minimum atomic E-state index is -0.297. The molecule has 0 spiro atoms. The lowest BCUT2D eigenvalue weighted by Gasteiger charge is -2.22. The zero-order chi connectivity index (χ0) is 13.5. The lowest BCUT2D eigenvalue weighted by atomic mass is 10.2. The lowest BCUT2D eigenvalue weighted by Crippen LogP contribution is -2.33. The van der Waals surface area contributed by atoms with Crippen LogP contribution in [0.5, 0.6) is 0 Å². The molecule has 0 heterocycles. The molecule has 19 heavy (non-hydrogen) atoms. The first-order valence-electron chi connectivity index (χ1n) is 6.35. The molecular formula is C14H23ClN2O2. The number of hydrogen-bond donors (Lipinski definition) is 1. The van der Waals surface area contributed by atoms with E-state index in [9.17, 15) is 4.79 Å². The first-order chi connectivity index (χ1) is 8.56. The summed E-state index contributed by atoms with van der Waals surface area (Å²) >= 11 is 0. The van der Waals surface area contributed by atoms with Crippen LogP contribution in [0.1, 0.15) is 31.1 Å². The van der Waals surface area contributed by atoms with Crippen molar-refractivity contribution in [2.75, 3.05) is 25.4 Å². The Morgan fingerprint density at radius 1 is 1.26 bits per heavy atom. The highest BCUT2D eigenvalue weighted by atomic mass is 35.5. The summed E-state index contributed by atoms with van der Waals surface area (Å²) in [6.45, 7) is 8.78. The average molecular weight is 287 g/mol. The molecule has 0 bridgehead atoms. The number of nitrogen functional groups attached to an aromatic ring is 1. The monoisotopic (exact) mass is 286 g/mol. The Balaban J connectivity index is 0.00000324. The maximum Gasteiger partial charge on any atom is 0.338 e. The van der Waals surface area contributed by atoms with Crippen molar-refractivity contribution >= 4 is 24.1 Å². The van der Waals surface area contributed by atoms with Crippen molar-refractivity contribution in [1.82, 2.24) is 4.90 Å². The van der Waals surface area contributed by atoms with E-state index < -0.39 is 0 Å². The van der Waals surface area contributed by atoms with Gasteiger partial charge in [0, 0.05) is 12.2 Å². The van der Waals surface area contributed by atoms with Crippen molar-refractivity contribution < 1.29 is 9.53 Å². The quantitative estimate of drug-likeness (QED) is 0.645. The van der Waals surface area contributed by atoms with Gasteiger partial charge in [0.15, 0.2) is 0 Å². The Kier molecular flexibility index (Phi) is 8.19. The van der Waals surface area contributed by atoms with Gasteiger partial charge in [0.25, 0.3) is 0 Å². The van der Waals surface area contributed by atoms with E-state index in [1.165, 1.54) is 0 Å². The van der Waals surface area contributed by atoms with Crippen LogP contribution in [0.3, 0.4) is 0 Å². The Hall–Kier alpha value is -1.26. The van der Waals surface area contributed by atoms with Gasteiger partial charge in [-0.25, -0.2) is 4.79 Å². The van der Waals surface area contributed by atoms with Gasteiger partial charge in [0.2, 0.25) is 0 Å². The van der Waals surface area contributed by atoms with Gasteiger partial charge >= 0.3 is 5.97 Å². The van der Waals surface area contributed by atoms with Crippen LogP contribution >= 0.6 is 12.4 Å². The van der Waals surface area contributed by atoms with Gasteiger partial charge in [-0.15, -0.1) is 12.4 Å². The number of carbonyl (C=O) groups is 1. The molecular weight excluding hydrogens is 264 g/mol. The van der Waals surface area contributed by atoms with Crippen LogP contribution in [0.4, 0.5) is 5.69 Å². The second kappa shape index (κ2) is 8.77. The molecule has 5 heteroatoms. The van der Waals surface area contributed by atoms with E-state index in [1.807, 2.05) is 6.92 Å². The molecule has 2 N–H and O–H groups in total. The van der Waals surface area contributed by atoms with E-state index in [1.54, 1.807) is 24.3 Å². The van der Waals surface area contributed by atoms with Gasteiger partial charge in [-0.1, -0.05) is 13.8 Å². The number of hydrogen-bond acceptors (Lipinski definition) is 4. The molecule has 1 unspecified atom stereocenters. The van der Waals surface area contributed by atoms with Gasteiger partial charge < -0.3 is 15.4 Å². The van der Waals surface area contributed by atoms with Gasteiger partial charge in [-0.3, -0.25) is 0 Å². The third-order valence-corrected chi connectivity index (χ3v) is 2.86. The maximum atomic E-state index is 11.8. The summed E-state index contributed by atoms with van der Waals surface area (Å²) in [4.78, 5) is 14.1. The highest BCUT2D eigenvalue weighted by Gasteiger charge is 2.13. The van der Waals surface area contributed by atoms with E-state index in [0.717, 1.165) is 19.6 Å². The van der Waals surface area contributed by atoms with Crippen LogP contribution in [0.25, 0.3) is 0 Å². The summed E-state index contributed by atoms with van der Waals surface area (Å²) in [7, 11) is 0. The number of benzene rings is 1. The molecule has 0 aliphatic carbocycles. The van der Waals surface area contributed by atoms with E-state index >= 15 is 0 Å². The van der Waals surface area contributed by atoms with Crippen molar-refractivity contribution in [3.63, 3.8) is 0 Å². The van der Waals surface area contributed by atoms with Crippen LogP contribution in [0, 0.1) is 0 Å². The molecule has 1 rings (SSSR count). The SMILES string of the molecule is CCN(CC)CC(C)OC(=O)c1ccc(N)cc1.Cl. The Morgan fingerprint density at radius 2 is 1.79 bits per heavy atom. The zero-order valence-electron chi connectivity index (χ0n) is 11.8. The van der Waals surface area contributed by atoms with E-state index in [4.69, 9.17) is 10.5 Å². The normalized spacial score (nSPS) is 11.8. The fourth-order valence-electron chi connectivity index (χ4n) is 1.75. The highest BCUT2D eigenvalue weighted by molar-refractivity contribution is 5.89. The number of nitrogens with two attached hydrogens (primary N) is 1. The molecule has 0 saturated carbocycles. The minimum absolute atomic E-state index is 0. The number of anilines is 1. The molecule has 1 aromatic rings. The standard InChI is InChI=1S/C14H22N2O2.ClH/c1-4-16(5-2)10-11(3)18-14(17)12-6-8-13(15)9-7-12;/h6-9,11H,4-5,10,15H2,1-3H3;1H. The molecule has 4 nitrogen and oxygen atoms in total. The van der Waals surface area contributed by atoms with Crippen LogP contribution < -0.4 is 5.73 Å². The van der Waals surface area contributed by atoms with Gasteiger partial charge in [-0.05, 0) is 44.3 Å². The summed E-state index contributed by atoms with van der Waals surface area (Å²) in [5.41, 5.74) is 6.75. The minimum Gasteiger partial charge on any atom is -0.458 e. The fourth-order valence-corrected chi connectivity index (χ4v) is 1.75. The number of ether oxygens (including phenoxy) is 1. The van der Waals surface area contributed by atoms with Crippen LogP contribution in [-0.4, -0.2) is 36.6 Å². The lowest BCUT2D eigenvalue weighted by molar-refractivity contribution is 0.0260. The van der Waals surface area contributed by atoms with Crippen LogP contribution in [0.15, 0.2) is 24.3 Å². The van der Waals surface area contributed by atoms with Gasteiger partial charge in [0.1, 0.15) is 6.10 Å². The Labute approximate surface area is 121 Å². The summed E-state index contributed by atoms with van der Waals surface area (Å²) in [5.74, 6) is -0.297. The van der Waals surface area contributed by atoms with Crippen molar-refractivity contribution in [1.29, 1.82) is 0 Å². The predicted molar refractivity (Wildman–Crippen MR) is 80.8 cm³/mol. The Bertz CT molecular complexity index is 378. The largest absolute Gasteiger partial charge is 0.458 e. The molecule has 0 saturated heterocycles. The second-order valence-corrected chi connectivity index (χ2v) is 4.32. The summed E-state index contributed by atoms with van der Waals surface area (Å²) < 4.78 is 5.39. The molecule has 0 radical (unpaired) electrons. The number of likely N-dealkylation sites (N-methyl/N-ethyl adjacent to an activating group) is 1. The molecule has 0 aromatic heterocycles. The summed E-state index contributed by atoms with van der Waals surface area (Å²) in [5, 5.41) is 0. The van der Waals surface area contributed by atoms with E-state index in [0.29, 0.717) is 11.3 Å². The molecule has 0 aliphatic rings. The predicted octanol–water partition coefficient (Wildman–Crippen LogP) is 2.58. The Morgan fingerprint density at radius 3 is 2.26 bits per heavy atom. The average Bonchev–Trinajstić information content (AvgIpc) is 2.36. The number of halogens is 1. The van der Waals surface area contributed by atoms with Crippen molar-refractivity contribution in [3.05, 3.63) is 29.8 Å². The third-order valence-electron chi connectivity index (χ3n) is 2.86. The van der Waals surface area contributed by atoms with Crippen molar-refractivity contribution in [2.24, 2.45) is 0 Å². The van der Waals surface area contributed by atoms with E-state index in [2.05, 4.69) is 18.7 Å². The number of carbonyl (C=O) groups excluding carboxylic acids is 1. The van der Waals surface area contributed by atoms with Crippen molar-refractivity contribution in [3.8, 4) is 0 Å². The number of esters is 1. The first-order valence-corrected chi connectivity index (χ1v) is 6.35. The highest BCUT2D eigenvalue weighted by Crippen LogP contribution is 2.08. The van der Waals surface area contributed by atoms with Crippen LogP contribution in [0.2, 0.25) is 0 Å². The maximum absolute atomic E-state index is 11.8. The number of nitrogens with zero attached hydrogens (tertiary/aromatic N) is 1. The van der Waals surface area contributed by atoms with Crippen molar-refractivity contribution in [2.45, 2.75) is 26.9 Å². The molecule has 1 atom stereocenters. The number of rotatable bonds is 6. The topological polar surface area (TPSA) is 55.6 Å².